The smallest absolute Gasteiger partial charge is 0.127 e. The summed E-state index contributed by atoms with van der Waals surface area (Å²) < 4.78 is 11.1. The molecule has 3 heteroatoms. The molecule has 0 radical (unpaired) electrons. The summed E-state index contributed by atoms with van der Waals surface area (Å²) in [4.78, 5) is 0. The number of nitrogens with two attached hydrogens (primary N) is 1. The van der Waals surface area contributed by atoms with Crippen molar-refractivity contribution in [1.82, 2.24) is 0 Å². The number of nitrogen functional groups attached to an aromatic ring is 1. The summed E-state index contributed by atoms with van der Waals surface area (Å²) >= 11 is 0. The van der Waals surface area contributed by atoms with Crippen molar-refractivity contribution in [1.29, 1.82) is 0 Å². The lowest BCUT2D eigenvalue weighted by Gasteiger charge is -2.11. The maximum Gasteiger partial charge on any atom is 0.127 e. The van der Waals surface area contributed by atoms with Gasteiger partial charge in [-0.15, -0.1) is 0 Å². The molecule has 0 amide bonds. The number of hydrogen-bond acceptors (Lipinski definition) is 3. The molecular weight excluding hydrogens is 262 g/mol. The molecule has 0 unspecified atom stereocenters. The van der Waals surface area contributed by atoms with Crippen molar-refractivity contribution in [2.24, 2.45) is 0 Å². The number of rotatable bonds is 7. The second kappa shape index (κ2) is 7.58. The van der Waals surface area contributed by atoms with E-state index in [1.807, 2.05) is 30.3 Å². The monoisotopic (exact) mass is 285 g/mol. The van der Waals surface area contributed by atoms with Gasteiger partial charge in [0.25, 0.3) is 0 Å². The molecule has 2 N–H and O–H groups in total. The standard InChI is InChI=1S/C18H23NO2/c1-3-4-5-14-6-10-17(11-7-14)21-13-15-8-9-16(19)12-18(15)20-2/h6-12H,3-5,13,19H2,1-2H3. The molecule has 2 rings (SSSR count). The Morgan fingerprint density at radius 3 is 2.48 bits per heavy atom. The predicted molar refractivity (Wildman–Crippen MR) is 86.8 cm³/mol. The van der Waals surface area contributed by atoms with E-state index < -0.39 is 0 Å². The number of unbranched alkanes of at least 4 members (excludes halogenated alkanes) is 1. The molecule has 0 heterocycles. The van der Waals surface area contributed by atoms with Gasteiger partial charge >= 0.3 is 0 Å². The van der Waals surface area contributed by atoms with E-state index in [4.69, 9.17) is 15.2 Å². The van der Waals surface area contributed by atoms with Crippen molar-refractivity contribution in [3.8, 4) is 11.5 Å². The molecule has 0 saturated heterocycles. The Labute approximate surface area is 126 Å². The van der Waals surface area contributed by atoms with Crippen LogP contribution in [0.1, 0.15) is 30.9 Å². The zero-order valence-corrected chi connectivity index (χ0v) is 12.8. The van der Waals surface area contributed by atoms with Crippen molar-refractivity contribution in [3.63, 3.8) is 0 Å². The third kappa shape index (κ3) is 4.42. The molecule has 0 aliphatic heterocycles. The molecule has 112 valence electrons. The molecule has 0 bridgehead atoms. The number of hydrogen-bond donors (Lipinski definition) is 1. The number of ether oxygens (including phenoxy) is 2. The highest BCUT2D eigenvalue weighted by atomic mass is 16.5. The largest absolute Gasteiger partial charge is 0.496 e. The summed E-state index contributed by atoms with van der Waals surface area (Å²) in [6.45, 7) is 2.68. The quantitative estimate of drug-likeness (QED) is 0.775. The van der Waals surface area contributed by atoms with E-state index in [0.717, 1.165) is 23.5 Å². The molecule has 3 nitrogen and oxygen atoms in total. The van der Waals surface area contributed by atoms with Crippen LogP contribution in [0.5, 0.6) is 11.5 Å². The van der Waals surface area contributed by atoms with Gasteiger partial charge in [-0.2, -0.15) is 0 Å². The predicted octanol–water partition coefficient (Wildman–Crippen LogP) is 4.20. The summed E-state index contributed by atoms with van der Waals surface area (Å²) in [7, 11) is 1.64. The summed E-state index contributed by atoms with van der Waals surface area (Å²) in [5, 5.41) is 0. The second-order valence-corrected chi connectivity index (χ2v) is 5.11. The fourth-order valence-electron chi connectivity index (χ4n) is 2.17. The number of methoxy groups -OCH3 is 1. The normalized spacial score (nSPS) is 10.4. The Kier molecular flexibility index (Phi) is 5.50. The lowest BCUT2D eigenvalue weighted by atomic mass is 10.1. The first-order valence-electron chi connectivity index (χ1n) is 7.37. The number of anilines is 1. The Morgan fingerprint density at radius 2 is 1.81 bits per heavy atom. The molecule has 0 fully saturated rings. The van der Waals surface area contributed by atoms with Gasteiger partial charge in [-0.1, -0.05) is 25.5 Å². The van der Waals surface area contributed by atoms with Crippen molar-refractivity contribution < 1.29 is 9.47 Å². The molecular formula is C18H23NO2. The van der Waals surface area contributed by atoms with Gasteiger partial charge in [-0.05, 0) is 42.7 Å². The van der Waals surface area contributed by atoms with Crippen LogP contribution < -0.4 is 15.2 Å². The molecule has 0 atom stereocenters. The highest BCUT2D eigenvalue weighted by Crippen LogP contribution is 2.23. The summed E-state index contributed by atoms with van der Waals surface area (Å²) in [5.74, 6) is 1.63. The first kappa shape index (κ1) is 15.2. The molecule has 0 aliphatic rings. The van der Waals surface area contributed by atoms with E-state index in [0.29, 0.717) is 12.3 Å². The van der Waals surface area contributed by atoms with Gasteiger partial charge in [0.1, 0.15) is 18.1 Å². The second-order valence-electron chi connectivity index (χ2n) is 5.11. The van der Waals surface area contributed by atoms with E-state index in [1.165, 1.54) is 18.4 Å². The zero-order valence-electron chi connectivity index (χ0n) is 12.8. The van der Waals surface area contributed by atoms with E-state index in [2.05, 4.69) is 19.1 Å². The van der Waals surface area contributed by atoms with Crippen molar-refractivity contribution in [3.05, 3.63) is 53.6 Å². The average Bonchev–Trinajstić information content (AvgIpc) is 2.52. The van der Waals surface area contributed by atoms with E-state index in [-0.39, 0.29) is 0 Å². The molecule has 0 aliphatic carbocycles. The minimum Gasteiger partial charge on any atom is -0.496 e. The molecule has 2 aromatic rings. The fourth-order valence-corrected chi connectivity index (χ4v) is 2.17. The van der Waals surface area contributed by atoms with Gasteiger partial charge in [-0.3, -0.25) is 0 Å². The van der Waals surface area contributed by atoms with Crippen LogP contribution in [0.3, 0.4) is 0 Å². The van der Waals surface area contributed by atoms with Crippen molar-refractivity contribution in [2.45, 2.75) is 32.8 Å². The van der Waals surface area contributed by atoms with Gasteiger partial charge in [0.2, 0.25) is 0 Å². The van der Waals surface area contributed by atoms with Crippen LogP contribution in [0.25, 0.3) is 0 Å². The zero-order chi connectivity index (χ0) is 15.1. The lowest BCUT2D eigenvalue weighted by Crippen LogP contribution is -2.00. The van der Waals surface area contributed by atoms with Crippen LogP contribution >= 0.6 is 0 Å². The molecule has 0 aromatic heterocycles. The molecule has 0 spiro atoms. The topological polar surface area (TPSA) is 44.5 Å². The first-order chi connectivity index (χ1) is 10.2. The first-order valence-corrected chi connectivity index (χ1v) is 7.37. The summed E-state index contributed by atoms with van der Waals surface area (Å²) in [5.41, 5.74) is 8.78. The van der Waals surface area contributed by atoms with Crippen LogP contribution in [0.15, 0.2) is 42.5 Å². The third-order valence-electron chi connectivity index (χ3n) is 3.45. The number of aryl methyl sites for hydroxylation is 1. The van der Waals surface area contributed by atoms with Crippen molar-refractivity contribution >= 4 is 5.69 Å². The molecule has 2 aromatic carbocycles. The molecule has 21 heavy (non-hydrogen) atoms. The van der Waals surface area contributed by atoms with Gasteiger partial charge in [0.15, 0.2) is 0 Å². The van der Waals surface area contributed by atoms with Crippen LogP contribution in [0.4, 0.5) is 5.69 Å². The highest BCUT2D eigenvalue weighted by Gasteiger charge is 2.04. The molecule has 0 saturated carbocycles. The Balaban J connectivity index is 1.96. The maximum atomic E-state index is 5.81. The van der Waals surface area contributed by atoms with Crippen LogP contribution in [-0.4, -0.2) is 7.11 Å². The van der Waals surface area contributed by atoms with Crippen LogP contribution in [-0.2, 0) is 13.0 Å². The average molecular weight is 285 g/mol. The van der Waals surface area contributed by atoms with Gasteiger partial charge in [0, 0.05) is 17.3 Å². The maximum absolute atomic E-state index is 5.81. The fraction of sp³-hybridized carbons (Fsp3) is 0.333. The van der Waals surface area contributed by atoms with E-state index in [1.54, 1.807) is 7.11 Å². The van der Waals surface area contributed by atoms with Crippen molar-refractivity contribution in [2.75, 3.05) is 12.8 Å². The van der Waals surface area contributed by atoms with Crippen LogP contribution in [0, 0.1) is 0 Å². The Hall–Kier alpha value is -2.16. The highest BCUT2D eigenvalue weighted by molar-refractivity contribution is 5.48. The summed E-state index contributed by atoms with van der Waals surface area (Å²) in [6.07, 6.45) is 3.57. The minimum absolute atomic E-state index is 0.470. The Morgan fingerprint density at radius 1 is 1.05 bits per heavy atom. The van der Waals surface area contributed by atoms with Gasteiger partial charge < -0.3 is 15.2 Å². The van der Waals surface area contributed by atoms with Gasteiger partial charge in [0.05, 0.1) is 7.11 Å². The van der Waals surface area contributed by atoms with E-state index in [9.17, 15) is 0 Å². The van der Waals surface area contributed by atoms with E-state index >= 15 is 0 Å². The number of benzene rings is 2. The third-order valence-corrected chi connectivity index (χ3v) is 3.45. The Bertz CT molecular complexity index is 564. The SMILES string of the molecule is CCCCc1ccc(OCc2ccc(N)cc2OC)cc1. The van der Waals surface area contributed by atoms with Gasteiger partial charge in [-0.25, -0.2) is 0 Å². The van der Waals surface area contributed by atoms with Crippen LogP contribution in [0.2, 0.25) is 0 Å². The lowest BCUT2D eigenvalue weighted by molar-refractivity contribution is 0.296. The summed E-state index contributed by atoms with van der Waals surface area (Å²) in [6, 6.07) is 13.9. The minimum atomic E-state index is 0.470.